The van der Waals surface area contributed by atoms with Crippen LogP contribution in [0.2, 0.25) is 5.02 Å². The van der Waals surface area contributed by atoms with Gasteiger partial charge in [-0.3, -0.25) is 14.4 Å². The molecule has 0 radical (unpaired) electrons. The SMILES string of the molecule is Cc1ccc2c(c1)C=C[C@@H]1N2[C@@H](C(=O)c2ccc(Cl)cc2)[C@H](c2ccccc2F)C12C(=O)c1ccccc1C2=O. The molecule has 1 aliphatic carbocycles. The number of benzene rings is 4. The first kappa shape index (κ1) is 24.7. The highest BCUT2D eigenvalue weighted by atomic mass is 35.5. The molecule has 2 heterocycles. The second kappa shape index (κ2) is 8.83. The molecule has 0 bridgehead atoms. The Morgan fingerprint density at radius 1 is 0.875 bits per heavy atom. The zero-order chi connectivity index (χ0) is 27.8. The highest BCUT2D eigenvalue weighted by Crippen LogP contribution is 2.61. The molecule has 40 heavy (non-hydrogen) atoms. The molecule has 0 saturated carbocycles. The summed E-state index contributed by atoms with van der Waals surface area (Å²) in [5.41, 5.74) is 2.02. The van der Waals surface area contributed by atoms with Crippen molar-refractivity contribution >= 4 is 40.7 Å². The number of carbonyl (C=O) groups is 3. The van der Waals surface area contributed by atoms with Crippen molar-refractivity contribution in [1.29, 1.82) is 0 Å². The molecule has 4 aromatic rings. The average Bonchev–Trinajstić information content (AvgIpc) is 3.39. The predicted octanol–water partition coefficient (Wildman–Crippen LogP) is 7.10. The maximum atomic E-state index is 15.8. The van der Waals surface area contributed by atoms with Crippen molar-refractivity contribution < 1.29 is 18.8 Å². The quantitative estimate of drug-likeness (QED) is 0.203. The molecule has 196 valence electrons. The second-order valence-corrected chi connectivity index (χ2v) is 11.1. The highest BCUT2D eigenvalue weighted by molar-refractivity contribution is 6.32. The van der Waals surface area contributed by atoms with E-state index in [1.807, 2.05) is 42.2 Å². The normalized spacial score (nSPS) is 21.9. The number of Topliss-reactive ketones (excluding diaryl/α,β-unsaturated/α-hetero) is 3. The minimum absolute atomic E-state index is 0.167. The Labute approximate surface area is 235 Å². The number of hydrogen-bond donors (Lipinski definition) is 0. The number of aryl methyl sites for hydroxylation is 1. The van der Waals surface area contributed by atoms with Crippen molar-refractivity contribution in [2.24, 2.45) is 5.41 Å². The van der Waals surface area contributed by atoms with Crippen LogP contribution in [-0.2, 0) is 0 Å². The Morgan fingerprint density at radius 3 is 2.20 bits per heavy atom. The first-order valence-electron chi connectivity index (χ1n) is 13.1. The summed E-state index contributed by atoms with van der Waals surface area (Å²) in [7, 11) is 0. The maximum absolute atomic E-state index is 15.8. The van der Waals surface area contributed by atoms with Gasteiger partial charge in [0, 0.05) is 33.3 Å². The van der Waals surface area contributed by atoms with Gasteiger partial charge >= 0.3 is 0 Å². The molecule has 6 heteroatoms. The third kappa shape index (κ3) is 3.21. The van der Waals surface area contributed by atoms with Crippen LogP contribution >= 0.6 is 11.6 Å². The summed E-state index contributed by atoms with van der Waals surface area (Å²) in [5, 5.41) is 0.473. The fourth-order valence-electron chi connectivity index (χ4n) is 6.95. The molecule has 1 fully saturated rings. The van der Waals surface area contributed by atoms with Crippen molar-refractivity contribution in [3.8, 4) is 0 Å². The van der Waals surface area contributed by atoms with Crippen LogP contribution in [0.25, 0.3) is 6.08 Å². The molecule has 0 N–H and O–H groups in total. The number of hydrogen-bond acceptors (Lipinski definition) is 4. The van der Waals surface area contributed by atoms with Gasteiger partial charge in [0.2, 0.25) is 0 Å². The summed E-state index contributed by atoms with van der Waals surface area (Å²) in [5.74, 6) is -2.74. The van der Waals surface area contributed by atoms with Gasteiger partial charge in [0.25, 0.3) is 0 Å². The van der Waals surface area contributed by atoms with E-state index in [4.69, 9.17) is 11.6 Å². The summed E-state index contributed by atoms with van der Waals surface area (Å²) >= 11 is 6.13. The standard InChI is InChI=1S/C34H23ClFNO3/c1-19-10-16-27-21(18-19)13-17-28-34(32(39)23-6-2-3-7-24(23)33(34)40)29(25-8-4-5-9-26(25)36)30(37(27)28)31(38)20-11-14-22(35)15-12-20/h2-18,28-30H,1H3/t28-,29-,30+/m0/s1. The summed E-state index contributed by atoms with van der Waals surface area (Å²) < 4.78 is 15.8. The van der Waals surface area contributed by atoms with Gasteiger partial charge in [-0.05, 0) is 60.5 Å². The van der Waals surface area contributed by atoms with Crippen LogP contribution < -0.4 is 4.90 Å². The van der Waals surface area contributed by atoms with E-state index in [1.165, 1.54) is 6.07 Å². The van der Waals surface area contributed by atoms with Crippen LogP contribution in [0.15, 0.2) is 97.1 Å². The second-order valence-electron chi connectivity index (χ2n) is 10.7. The molecule has 0 amide bonds. The summed E-state index contributed by atoms with van der Waals surface area (Å²) in [6.45, 7) is 1.98. The summed E-state index contributed by atoms with van der Waals surface area (Å²) in [4.78, 5) is 45.6. The predicted molar refractivity (Wildman–Crippen MR) is 153 cm³/mol. The van der Waals surface area contributed by atoms with Gasteiger partial charge in [-0.25, -0.2) is 4.39 Å². The van der Waals surface area contributed by atoms with Crippen molar-refractivity contribution in [3.63, 3.8) is 0 Å². The molecule has 1 spiro atoms. The molecule has 0 aromatic heterocycles. The Balaban J connectivity index is 1.56. The molecule has 7 rings (SSSR count). The van der Waals surface area contributed by atoms with Crippen LogP contribution in [0.1, 0.15) is 53.7 Å². The molecule has 3 aliphatic rings. The minimum atomic E-state index is -1.74. The van der Waals surface area contributed by atoms with Gasteiger partial charge < -0.3 is 4.90 Å². The van der Waals surface area contributed by atoms with E-state index in [1.54, 1.807) is 66.7 Å². The molecule has 1 saturated heterocycles. The van der Waals surface area contributed by atoms with Crippen molar-refractivity contribution in [3.05, 3.63) is 141 Å². The van der Waals surface area contributed by atoms with E-state index < -0.39 is 29.2 Å². The Bertz CT molecular complexity index is 1740. The third-order valence-corrected chi connectivity index (χ3v) is 8.85. The average molecular weight is 548 g/mol. The van der Waals surface area contributed by atoms with E-state index >= 15 is 4.39 Å². The number of anilines is 1. The Hall–Kier alpha value is -4.35. The van der Waals surface area contributed by atoms with E-state index in [2.05, 4.69) is 0 Å². The lowest BCUT2D eigenvalue weighted by Crippen LogP contribution is -2.48. The van der Waals surface area contributed by atoms with Gasteiger partial charge in [0.05, 0.1) is 6.04 Å². The van der Waals surface area contributed by atoms with Crippen molar-refractivity contribution in [2.75, 3.05) is 4.90 Å². The lowest BCUT2D eigenvalue weighted by molar-refractivity contribution is 0.0664. The molecule has 0 unspecified atom stereocenters. The molecule has 2 aliphatic heterocycles. The molecule has 3 atom stereocenters. The summed E-state index contributed by atoms with van der Waals surface area (Å²) in [6, 6.07) is 23.4. The highest BCUT2D eigenvalue weighted by Gasteiger charge is 2.71. The van der Waals surface area contributed by atoms with Gasteiger partial charge in [0.15, 0.2) is 17.3 Å². The number of halogens is 2. The largest absolute Gasteiger partial charge is 0.352 e. The Kier molecular flexibility index (Phi) is 5.45. The van der Waals surface area contributed by atoms with Crippen LogP contribution in [0, 0.1) is 18.2 Å². The van der Waals surface area contributed by atoms with Gasteiger partial charge in [-0.15, -0.1) is 0 Å². The Morgan fingerprint density at radius 2 is 1.52 bits per heavy atom. The van der Waals surface area contributed by atoms with E-state index in [0.717, 1.165) is 16.8 Å². The van der Waals surface area contributed by atoms with Gasteiger partial charge in [-0.1, -0.05) is 77.8 Å². The summed E-state index contributed by atoms with van der Waals surface area (Å²) in [6.07, 6.45) is 3.74. The smallest absolute Gasteiger partial charge is 0.185 e. The van der Waals surface area contributed by atoms with E-state index in [9.17, 15) is 14.4 Å². The third-order valence-electron chi connectivity index (χ3n) is 8.60. The molecular formula is C34H23ClFNO3. The molecule has 4 aromatic carbocycles. The van der Waals surface area contributed by atoms with E-state index in [0.29, 0.717) is 21.7 Å². The maximum Gasteiger partial charge on any atom is 0.185 e. The van der Waals surface area contributed by atoms with Crippen molar-refractivity contribution in [1.82, 2.24) is 0 Å². The van der Waals surface area contributed by atoms with Crippen LogP contribution in [0.3, 0.4) is 0 Å². The lowest BCUT2D eigenvalue weighted by atomic mass is 9.64. The first-order chi connectivity index (χ1) is 19.3. The zero-order valence-electron chi connectivity index (χ0n) is 21.5. The fourth-order valence-corrected chi connectivity index (χ4v) is 7.08. The van der Waals surface area contributed by atoms with Crippen molar-refractivity contribution in [2.45, 2.75) is 24.9 Å². The monoisotopic (exact) mass is 547 g/mol. The lowest BCUT2D eigenvalue weighted by Gasteiger charge is -2.37. The topological polar surface area (TPSA) is 54.5 Å². The number of fused-ring (bicyclic) bond motifs is 5. The van der Waals surface area contributed by atoms with Crippen LogP contribution in [0.4, 0.5) is 10.1 Å². The number of nitrogens with zero attached hydrogens (tertiary/aromatic N) is 1. The van der Waals surface area contributed by atoms with E-state index in [-0.39, 0.29) is 22.9 Å². The number of carbonyl (C=O) groups excluding carboxylic acids is 3. The van der Waals surface area contributed by atoms with Gasteiger partial charge in [0.1, 0.15) is 17.3 Å². The number of rotatable bonds is 3. The van der Waals surface area contributed by atoms with Gasteiger partial charge in [-0.2, -0.15) is 0 Å². The first-order valence-corrected chi connectivity index (χ1v) is 13.5. The fraction of sp³-hybridized carbons (Fsp3) is 0.147. The molecular weight excluding hydrogens is 525 g/mol. The van der Waals surface area contributed by atoms with Crippen LogP contribution in [-0.4, -0.2) is 29.4 Å². The minimum Gasteiger partial charge on any atom is -0.352 e. The molecule has 4 nitrogen and oxygen atoms in total. The number of ketones is 3. The zero-order valence-corrected chi connectivity index (χ0v) is 22.2. The van der Waals surface area contributed by atoms with Crippen LogP contribution in [0.5, 0.6) is 0 Å².